The molecule has 3 rings (SSSR count). The molecule has 0 aliphatic carbocycles. The highest BCUT2D eigenvalue weighted by Gasteiger charge is 2.25. The molecule has 1 aromatic heterocycles. The highest BCUT2D eigenvalue weighted by molar-refractivity contribution is 7.18. The first-order valence-electron chi connectivity index (χ1n) is 9.41. The molecule has 1 aliphatic rings. The molecule has 0 radical (unpaired) electrons. The fraction of sp³-hybridized carbons (Fsp3) is 0.600. The Kier molecular flexibility index (Phi) is 6.24. The van der Waals surface area contributed by atoms with Crippen LogP contribution in [-0.4, -0.2) is 28.9 Å². The zero-order valence-electron chi connectivity index (χ0n) is 14.7. The number of hydrogen-bond donors (Lipinski definition) is 0. The maximum absolute atomic E-state index is 12.3. The Morgan fingerprint density at radius 1 is 1.17 bits per heavy atom. The van der Waals surface area contributed by atoms with Gasteiger partial charge in [-0.1, -0.05) is 44.7 Å². The Bertz CT molecular complexity index is 625. The van der Waals surface area contributed by atoms with Gasteiger partial charge in [0, 0.05) is 25.4 Å². The molecule has 1 saturated heterocycles. The Balaban J connectivity index is 1.46. The van der Waals surface area contributed by atoms with Crippen LogP contribution in [0.2, 0.25) is 0 Å². The summed E-state index contributed by atoms with van der Waals surface area (Å²) >= 11 is 1.82. The van der Waals surface area contributed by atoms with Gasteiger partial charge in [-0.05, 0) is 31.4 Å². The van der Waals surface area contributed by atoms with E-state index in [0.717, 1.165) is 44.3 Å². The SMILES string of the molecule is CCCCCCCC(=O)N1CCC(c2nc3ccccc3s2)CC1. The Hall–Kier alpha value is -1.42. The lowest BCUT2D eigenvalue weighted by molar-refractivity contribution is -0.132. The van der Waals surface area contributed by atoms with Gasteiger partial charge < -0.3 is 4.90 Å². The molecular weight excluding hydrogens is 316 g/mol. The molecule has 0 atom stereocenters. The fourth-order valence-electron chi connectivity index (χ4n) is 3.48. The normalized spacial score (nSPS) is 16.0. The number of unbranched alkanes of at least 4 members (excludes halogenated alkanes) is 4. The number of rotatable bonds is 7. The number of thiazole rings is 1. The first kappa shape index (κ1) is 17.4. The first-order valence-corrected chi connectivity index (χ1v) is 10.2. The van der Waals surface area contributed by atoms with Gasteiger partial charge in [-0.2, -0.15) is 0 Å². The molecule has 2 aromatic rings. The second kappa shape index (κ2) is 8.61. The minimum atomic E-state index is 0.356. The number of carbonyl (C=O) groups excluding carboxylic acids is 1. The van der Waals surface area contributed by atoms with Crippen molar-refractivity contribution in [2.45, 2.75) is 64.2 Å². The molecule has 130 valence electrons. The molecule has 24 heavy (non-hydrogen) atoms. The summed E-state index contributed by atoms with van der Waals surface area (Å²) in [5.41, 5.74) is 1.11. The van der Waals surface area contributed by atoms with E-state index in [9.17, 15) is 4.79 Å². The molecule has 1 aliphatic heterocycles. The van der Waals surface area contributed by atoms with Gasteiger partial charge >= 0.3 is 0 Å². The van der Waals surface area contributed by atoms with Crippen LogP contribution in [0.5, 0.6) is 0 Å². The third kappa shape index (κ3) is 4.35. The van der Waals surface area contributed by atoms with E-state index in [2.05, 4.69) is 30.0 Å². The van der Waals surface area contributed by atoms with Gasteiger partial charge in [-0.25, -0.2) is 4.98 Å². The molecule has 0 N–H and O–H groups in total. The monoisotopic (exact) mass is 344 g/mol. The van der Waals surface area contributed by atoms with E-state index in [4.69, 9.17) is 4.98 Å². The number of hydrogen-bond acceptors (Lipinski definition) is 3. The van der Waals surface area contributed by atoms with E-state index in [1.165, 1.54) is 35.4 Å². The second-order valence-corrected chi connectivity index (χ2v) is 7.90. The Morgan fingerprint density at radius 2 is 1.92 bits per heavy atom. The molecule has 1 fully saturated rings. The summed E-state index contributed by atoms with van der Waals surface area (Å²) in [6.07, 6.45) is 8.91. The molecule has 1 aromatic carbocycles. The molecule has 2 heterocycles. The molecule has 0 bridgehead atoms. The number of para-hydroxylation sites is 1. The van der Waals surface area contributed by atoms with Gasteiger partial charge in [-0.3, -0.25) is 4.79 Å². The van der Waals surface area contributed by atoms with E-state index in [-0.39, 0.29) is 0 Å². The number of likely N-dealkylation sites (tertiary alicyclic amines) is 1. The standard InChI is InChI=1S/C20H28N2OS/c1-2-3-4-5-6-11-19(23)22-14-12-16(13-15-22)20-21-17-9-7-8-10-18(17)24-20/h7-10,16H,2-6,11-15H2,1H3. The van der Waals surface area contributed by atoms with Crippen molar-refractivity contribution in [2.24, 2.45) is 0 Å². The highest BCUT2D eigenvalue weighted by Crippen LogP contribution is 2.33. The van der Waals surface area contributed by atoms with Gasteiger partial charge in [0.15, 0.2) is 0 Å². The van der Waals surface area contributed by atoms with E-state index in [1.54, 1.807) is 0 Å². The minimum Gasteiger partial charge on any atom is -0.343 e. The van der Waals surface area contributed by atoms with Gasteiger partial charge in [0.25, 0.3) is 0 Å². The summed E-state index contributed by atoms with van der Waals surface area (Å²) in [6.45, 7) is 4.02. The summed E-state index contributed by atoms with van der Waals surface area (Å²) in [7, 11) is 0. The molecule has 0 saturated carbocycles. The van der Waals surface area contributed by atoms with Crippen LogP contribution in [0.4, 0.5) is 0 Å². The Morgan fingerprint density at radius 3 is 2.67 bits per heavy atom. The third-order valence-electron chi connectivity index (χ3n) is 5.00. The van der Waals surface area contributed by atoms with Gasteiger partial charge in [0.05, 0.1) is 15.2 Å². The summed E-state index contributed by atoms with van der Waals surface area (Å²) in [6, 6.07) is 8.36. The van der Waals surface area contributed by atoms with Crippen molar-refractivity contribution in [3.05, 3.63) is 29.3 Å². The number of benzene rings is 1. The smallest absolute Gasteiger partial charge is 0.222 e. The second-order valence-electron chi connectivity index (χ2n) is 6.84. The van der Waals surface area contributed by atoms with Crippen LogP contribution >= 0.6 is 11.3 Å². The highest BCUT2D eigenvalue weighted by atomic mass is 32.1. The topological polar surface area (TPSA) is 33.2 Å². The number of amides is 1. The maximum Gasteiger partial charge on any atom is 0.222 e. The summed E-state index contributed by atoms with van der Waals surface area (Å²) < 4.78 is 1.28. The lowest BCUT2D eigenvalue weighted by Gasteiger charge is -2.31. The predicted octanol–water partition coefficient (Wildman–Crippen LogP) is 5.36. The molecular formula is C20H28N2OS. The van der Waals surface area contributed by atoms with Crippen LogP contribution in [-0.2, 0) is 4.79 Å². The lowest BCUT2D eigenvalue weighted by Crippen LogP contribution is -2.37. The molecule has 3 nitrogen and oxygen atoms in total. The zero-order valence-corrected chi connectivity index (χ0v) is 15.5. The van der Waals surface area contributed by atoms with Crippen molar-refractivity contribution in [3.63, 3.8) is 0 Å². The first-order chi connectivity index (χ1) is 11.8. The lowest BCUT2D eigenvalue weighted by atomic mass is 9.97. The molecule has 0 spiro atoms. The molecule has 4 heteroatoms. The van der Waals surface area contributed by atoms with Crippen molar-refractivity contribution in [3.8, 4) is 0 Å². The van der Waals surface area contributed by atoms with Crippen LogP contribution in [0.3, 0.4) is 0 Å². The average molecular weight is 345 g/mol. The minimum absolute atomic E-state index is 0.356. The number of piperidine rings is 1. The van der Waals surface area contributed by atoms with Crippen LogP contribution in [0.15, 0.2) is 24.3 Å². The van der Waals surface area contributed by atoms with E-state index in [0.29, 0.717) is 11.8 Å². The van der Waals surface area contributed by atoms with Crippen LogP contribution < -0.4 is 0 Å². The van der Waals surface area contributed by atoms with Crippen molar-refractivity contribution < 1.29 is 4.79 Å². The number of aromatic nitrogens is 1. The van der Waals surface area contributed by atoms with Crippen LogP contribution in [0, 0.1) is 0 Å². The quantitative estimate of drug-likeness (QED) is 0.633. The molecule has 0 unspecified atom stereocenters. The van der Waals surface area contributed by atoms with Crippen molar-refractivity contribution in [2.75, 3.05) is 13.1 Å². The van der Waals surface area contributed by atoms with Gasteiger partial charge in [-0.15, -0.1) is 11.3 Å². The van der Waals surface area contributed by atoms with E-state index in [1.807, 2.05) is 17.4 Å². The van der Waals surface area contributed by atoms with E-state index < -0.39 is 0 Å². The summed E-state index contributed by atoms with van der Waals surface area (Å²) in [5.74, 6) is 0.880. The predicted molar refractivity (Wildman–Crippen MR) is 102 cm³/mol. The number of fused-ring (bicyclic) bond motifs is 1. The summed E-state index contributed by atoms with van der Waals surface area (Å²) in [5, 5.41) is 1.25. The maximum atomic E-state index is 12.3. The van der Waals surface area contributed by atoms with Crippen LogP contribution in [0.1, 0.15) is 69.2 Å². The van der Waals surface area contributed by atoms with E-state index >= 15 is 0 Å². The number of nitrogens with zero attached hydrogens (tertiary/aromatic N) is 2. The van der Waals surface area contributed by atoms with Gasteiger partial charge in [0.2, 0.25) is 5.91 Å². The zero-order chi connectivity index (χ0) is 16.8. The Labute approximate surface area is 149 Å². The fourth-order valence-corrected chi connectivity index (χ4v) is 4.61. The van der Waals surface area contributed by atoms with Gasteiger partial charge in [0.1, 0.15) is 0 Å². The summed E-state index contributed by atoms with van der Waals surface area (Å²) in [4.78, 5) is 19.2. The third-order valence-corrected chi connectivity index (χ3v) is 6.20. The van der Waals surface area contributed by atoms with Crippen molar-refractivity contribution in [1.82, 2.24) is 9.88 Å². The number of carbonyl (C=O) groups is 1. The average Bonchev–Trinajstić information content (AvgIpc) is 3.05. The largest absolute Gasteiger partial charge is 0.343 e. The van der Waals surface area contributed by atoms with Crippen molar-refractivity contribution >= 4 is 27.5 Å². The van der Waals surface area contributed by atoms with Crippen molar-refractivity contribution in [1.29, 1.82) is 0 Å². The molecule has 1 amide bonds. The van der Waals surface area contributed by atoms with Crippen LogP contribution in [0.25, 0.3) is 10.2 Å².